The highest BCUT2D eigenvalue weighted by molar-refractivity contribution is 7.89. The molecule has 130 valence electrons. The zero-order valence-electron chi connectivity index (χ0n) is 13.4. The number of sulfonamides is 1. The lowest BCUT2D eigenvalue weighted by Crippen LogP contribution is -2.39. The van der Waals surface area contributed by atoms with Crippen molar-refractivity contribution in [1.82, 2.24) is 9.29 Å². The molecule has 1 fully saturated rings. The first-order chi connectivity index (χ1) is 12.0. The third-order valence-electron chi connectivity index (χ3n) is 4.48. The summed E-state index contributed by atoms with van der Waals surface area (Å²) in [6.45, 7) is 0.846. The molecule has 25 heavy (non-hydrogen) atoms. The Morgan fingerprint density at radius 2 is 2.00 bits per heavy atom. The van der Waals surface area contributed by atoms with Crippen molar-refractivity contribution in [3.63, 3.8) is 0 Å². The van der Waals surface area contributed by atoms with Crippen molar-refractivity contribution in [2.45, 2.75) is 23.7 Å². The summed E-state index contributed by atoms with van der Waals surface area (Å²) >= 11 is 1.62. The summed E-state index contributed by atoms with van der Waals surface area (Å²) < 4.78 is 41.7. The summed E-state index contributed by atoms with van der Waals surface area (Å²) in [7, 11) is -3.69. The van der Waals surface area contributed by atoms with Crippen LogP contribution < -0.4 is 0 Å². The van der Waals surface area contributed by atoms with E-state index in [1.807, 2.05) is 24.3 Å². The molecule has 2 aromatic carbocycles. The molecule has 0 N–H and O–H groups in total. The van der Waals surface area contributed by atoms with Gasteiger partial charge >= 0.3 is 0 Å². The van der Waals surface area contributed by atoms with Gasteiger partial charge in [0.1, 0.15) is 5.82 Å². The second kappa shape index (κ2) is 6.48. The maximum atomic E-state index is 13.4. The lowest BCUT2D eigenvalue weighted by Gasteiger charge is -2.31. The number of para-hydroxylation sites is 1. The smallest absolute Gasteiger partial charge is 0.241 e. The minimum atomic E-state index is -3.69. The van der Waals surface area contributed by atoms with E-state index in [2.05, 4.69) is 4.98 Å². The van der Waals surface area contributed by atoms with Gasteiger partial charge < -0.3 is 0 Å². The standard InChI is InChI=1S/C18H17FN2O2S2/c19-14-6-3-7-15(11-14)25(22,23)21-10-4-5-13(12-21)18-20-16-8-1-2-9-17(16)24-18/h1-3,6-9,11,13H,4-5,10,12H2/t13-/m1/s1. The molecule has 4 rings (SSSR count). The third kappa shape index (κ3) is 3.19. The lowest BCUT2D eigenvalue weighted by atomic mass is 10.0. The number of nitrogens with zero attached hydrogens (tertiary/aromatic N) is 2. The molecule has 3 aromatic rings. The summed E-state index contributed by atoms with van der Waals surface area (Å²) in [6.07, 6.45) is 1.68. The van der Waals surface area contributed by atoms with Crippen LogP contribution in [0.1, 0.15) is 23.8 Å². The Bertz CT molecular complexity index is 984. The van der Waals surface area contributed by atoms with Gasteiger partial charge in [0.25, 0.3) is 0 Å². The van der Waals surface area contributed by atoms with Gasteiger partial charge in [-0.2, -0.15) is 4.31 Å². The number of benzene rings is 2. The van der Waals surface area contributed by atoms with Crippen LogP contribution in [0.15, 0.2) is 53.4 Å². The Morgan fingerprint density at radius 1 is 1.16 bits per heavy atom. The van der Waals surface area contributed by atoms with Crippen LogP contribution in [0.2, 0.25) is 0 Å². The van der Waals surface area contributed by atoms with Crippen molar-refractivity contribution in [2.75, 3.05) is 13.1 Å². The molecule has 1 saturated heterocycles. The summed E-state index contributed by atoms with van der Waals surface area (Å²) in [5.74, 6) is -0.463. The molecular weight excluding hydrogens is 359 g/mol. The minimum absolute atomic E-state index is 0.0115. The predicted octanol–water partition coefficient (Wildman–Crippen LogP) is 4.00. The van der Waals surface area contributed by atoms with E-state index < -0.39 is 15.8 Å². The Morgan fingerprint density at radius 3 is 2.80 bits per heavy atom. The first-order valence-electron chi connectivity index (χ1n) is 8.15. The quantitative estimate of drug-likeness (QED) is 0.694. The molecule has 4 nitrogen and oxygen atoms in total. The second-order valence-corrected chi connectivity index (χ2v) is 9.18. The average Bonchev–Trinajstić information content (AvgIpc) is 3.06. The van der Waals surface area contributed by atoms with Crippen LogP contribution in [-0.4, -0.2) is 30.8 Å². The van der Waals surface area contributed by atoms with Gasteiger partial charge in [-0.05, 0) is 43.2 Å². The Hall–Kier alpha value is -1.83. The highest BCUT2D eigenvalue weighted by Gasteiger charge is 2.32. The van der Waals surface area contributed by atoms with Gasteiger partial charge in [0, 0.05) is 19.0 Å². The lowest BCUT2D eigenvalue weighted by molar-refractivity contribution is 0.315. The van der Waals surface area contributed by atoms with E-state index >= 15 is 0 Å². The van der Waals surface area contributed by atoms with Crippen molar-refractivity contribution < 1.29 is 12.8 Å². The van der Waals surface area contributed by atoms with E-state index in [1.54, 1.807) is 11.3 Å². The molecule has 0 aliphatic carbocycles. The van der Waals surface area contributed by atoms with Gasteiger partial charge in [-0.3, -0.25) is 0 Å². The molecule has 0 spiro atoms. The molecule has 7 heteroatoms. The number of aromatic nitrogens is 1. The van der Waals surface area contributed by atoms with Crippen LogP contribution in [0, 0.1) is 5.82 Å². The zero-order valence-corrected chi connectivity index (χ0v) is 15.1. The second-order valence-electron chi connectivity index (χ2n) is 6.18. The molecule has 0 bridgehead atoms. The Labute approximate surface area is 150 Å². The van der Waals surface area contributed by atoms with Gasteiger partial charge in [-0.25, -0.2) is 17.8 Å². The third-order valence-corrected chi connectivity index (χ3v) is 7.54. The molecule has 0 unspecified atom stereocenters. The summed E-state index contributed by atoms with van der Waals surface area (Å²) in [6, 6.07) is 13.1. The van der Waals surface area contributed by atoms with E-state index in [0.717, 1.165) is 34.1 Å². The van der Waals surface area contributed by atoms with Crippen LogP contribution in [-0.2, 0) is 10.0 Å². The Balaban J connectivity index is 1.62. The molecule has 1 aliphatic heterocycles. The van der Waals surface area contributed by atoms with Crippen molar-refractivity contribution in [3.05, 3.63) is 59.4 Å². The monoisotopic (exact) mass is 376 g/mol. The molecule has 1 aliphatic rings. The van der Waals surface area contributed by atoms with Crippen molar-refractivity contribution in [1.29, 1.82) is 0 Å². The molecule has 1 atom stereocenters. The number of fused-ring (bicyclic) bond motifs is 1. The Kier molecular flexibility index (Phi) is 4.31. The first-order valence-corrected chi connectivity index (χ1v) is 10.4. The van der Waals surface area contributed by atoms with Gasteiger partial charge in [0.2, 0.25) is 10.0 Å². The normalized spacial score (nSPS) is 19.3. The van der Waals surface area contributed by atoms with Crippen molar-refractivity contribution in [2.24, 2.45) is 0 Å². The van der Waals surface area contributed by atoms with Crippen LogP contribution in [0.25, 0.3) is 10.2 Å². The first kappa shape index (κ1) is 16.6. The zero-order chi connectivity index (χ0) is 17.4. The van der Waals surface area contributed by atoms with Crippen molar-refractivity contribution >= 4 is 31.6 Å². The fraction of sp³-hybridized carbons (Fsp3) is 0.278. The summed E-state index contributed by atoms with van der Waals surface area (Å²) in [5.41, 5.74) is 0.951. The van der Waals surface area contributed by atoms with Crippen LogP contribution in [0.4, 0.5) is 4.39 Å². The number of halogens is 1. The predicted molar refractivity (Wildman–Crippen MR) is 96.8 cm³/mol. The van der Waals surface area contributed by atoms with Crippen molar-refractivity contribution in [3.8, 4) is 0 Å². The SMILES string of the molecule is O=S(=O)(c1cccc(F)c1)N1CCC[C@@H](c2nc3ccccc3s2)C1. The molecule has 0 radical (unpaired) electrons. The van der Waals surface area contributed by atoms with Gasteiger partial charge in [-0.15, -0.1) is 11.3 Å². The molecule has 0 amide bonds. The molecular formula is C18H17FN2O2S2. The number of rotatable bonds is 3. The van der Waals surface area contributed by atoms with E-state index in [9.17, 15) is 12.8 Å². The minimum Gasteiger partial charge on any atom is -0.241 e. The number of piperidine rings is 1. The summed E-state index contributed by atoms with van der Waals surface area (Å²) in [4.78, 5) is 4.69. The van der Waals surface area contributed by atoms with E-state index in [-0.39, 0.29) is 10.8 Å². The summed E-state index contributed by atoms with van der Waals surface area (Å²) in [5, 5.41) is 0.973. The van der Waals surface area contributed by atoms with Gasteiger partial charge in [0.15, 0.2) is 0 Å². The highest BCUT2D eigenvalue weighted by Crippen LogP contribution is 2.34. The van der Waals surface area contributed by atoms with Gasteiger partial charge in [-0.1, -0.05) is 18.2 Å². The van der Waals surface area contributed by atoms with Crippen LogP contribution >= 0.6 is 11.3 Å². The van der Waals surface area contributed by atoms with E-state index in [1.165, 1.54) is 22.5 Å². The molecule has 0 saturated carbocycles. The molecule has 2 heterocycles. The fourth-order valence-electron chi connectivity index (χ4n) is 3.20. The maximum absolute atomic E-state index is 13.4. The van der Waals surface area contributed by atoms with Crippen LogP contribution in [0.5, 0.6) is 0 Å². The average molecular weight is 376 g/mol. The largest absolute Gasteiger partial charge is 0.243 e. The topological polar surface area (TPSA) is 50.3 Å². The highest BCUT2D eigenvalue weighted by atomic mass is 32.2. The number of hydrogen-bond donors (Lipinski definition) is 0. The molecule has 1 aromatic heterocycles. The van der Waals surface area contributed by atoms with Crippen LogP contribution in [0.3, 0.4) is 0 Å². The van der Waals surface area contributed by atoms with Gasteiger partial charge in [0.05, 0.1) is 20.1 Å². The maximum Gasteiger partial charge on any atom is 0.243 e. The fourth-order valence-corrected chi connectivity index (χ4v) is 5.85. The van der Waals surface area contributed by atoms with E-state index in [4.69, 9.17) is 0 Å². The number of thiazole rings is 1. The number of hydrogen-bond acceptors (Lipinski definition) is 4. The van der Waals surface area contributed by atoms with E-state index in [0.29, 0.717) is 13.1 Å².